The first-order chi connectivity index (χ1) is 12.1. The van der Waals surface area contributed by atoms with Crippen LogP contribution in [0.15, 0.2) is 41.1 Å². The monoisotopic (exact) mass is 405 g/mol. The molecule has 6 nitrogen and oxygen atoms in total. The average molecular weight is 406 g/mol. The van der Waals surface area contributed by atoms with E-state index in [4.69, 9.17) is 9.47 Å². The highest BCUT2D eigenvalue weighted by atomic mass is 79.9. The van der Waals surface area contributed by atoms with Crippen LogP contribution in [0.3, 0.4) is 0 Å². The van der Waals surface area contributed by atoms with Crippen molar-refractivity contribution in [2.45, 2.75) is 25.9 Å². The van der Waals surface area contributed by atoms with E-state index in [1.165, 1.54) is 0 Å². The standard InChI is InChI=1S/C18H20BrN3O3/c1-13-4-2-5-15(8-13)24-12-17(23)22-7-3-6-16(11-22)25-18-20-9-14(19)10-21-18/h2,4-5,8-10,16H,3,6-7,11-12H2,1H3. The first-order valence-corrected chi connectivity index (χ1v) is 9.01. The maximum absolute atomic E-state index is 12.4. The van der Waals surface area contributed by atoms with Crippen molar-refractivity contribution in [3.63, 3.8) is 0 Å². The van der Waals surface area contributed by atoms with Crippen LogP contribution in [0.1, 0.15) is 18.4 Å². The molecule has 0 spiro atoms. The molecule has 1 aromatic heterocycles. The van der Waals surface area contributed by atoms with Gasteiger partial charge in [-0.1, -0.05) is 12.1 Å². The second-order valence-electron chi connectivity index (χ2n) is 6.01. The number of likely N-dealkylation sites (tertiary alicyclic amines) is 1. The first kappa shape index (κ1) is 17.7. The molecule has 132 valence electrons. The summed E-state index contributed by atoms with van der Waals surface area (Å²) in [4.78, 5) is 22.4. The lowest BCUT2D eigenvalue weighted by Gasteiger charge is -2.32. The lowest BCUT2D eigenvalue weighted by molar-refractivity contribution is -0.136. The number of aryl methyl sites for hydroxylation is 1. The van der Waals surface area contributed by atoms with E-state index >= 15 is 0 Å². The number of nitrogens with zero attached hydrogens (tertiary/aromatic N) is 3. The molecule has 2 heterocycles. The van der Waals surface area contributed by atoms with Crippen LogP contribution in [0.25, 0.3) is 0 Å². The summed E-state index contributed by atoms with van der Waals surface area (Å²) in [6.45, 7) is 3.27. The minimum atomic E-state index is -0.0992. The Morgan fingerprint density at radius 1 is 1.36 bits per heavy atom. The lowest BCUT2D eigenvalue weighted by atomic mass is 10.1. The number of ether oxygens (including phenoxy) is 2. The Morgan fingerprint density at radius 2 is 2.16 bits per heavy atom. The summed E-state index contributed by atoms with van der Waals surface area (Å²) in [6, 6.07) is 8.01. The molecule has 0 saturated carbocycles. The Balaban J connectivity index is 1.51. The summed E-state index contributed by atoms with van der Waals surface area (Å²) in [6.07, 6.45) is 4.95. The number of rotatable bonds is 5. The maximum Gasteiger partial charge on any atom is 0.316 e. The summed E-state index contributed by atoms with van der Waals surface area (Å²) in [5, 5.41) is 0. The van der Waals surface area contributed by atoms with Gasteiger partial charge in [0.1, 0.15) is 11.9 Å². The summed E-state index contributed by atoms with van der Waals surface area (Å²) in [7, 11) is 0. The molecular weight excluding hydrogens is 386 g/mol. The van der Waals surface area contributed by atoms with Crippen LogP contribution in [0.5, 0.6) is 11.8 Å². The molecule has 1 aliphatic heterocycles. The number of carbonyl (C=O) groups is 1. The molecule has 0 N–H and O–H groups in total. The zero-order chi connectivity index (χ0) is 17.6. The molecule has 1 atom stereocenters. The molecule has 25 heavy (non-hydrogen) atoms. The van der Waals surface area contributed by atoms with Crippen molar-refractivity contribution in [2.75, 3.05) is 19.7 Å². The smallest absolute Gasteiger partial charge is 0.316 e. The number of hydrogen-bond donors (Lipinski definition) is 0. The summed E-state index contributed by atoms with van der Waals surface area (Å²) >= 11 is 3.29. The van der Waals surface area contributed by atoms with Crippen molar-refractivity contribution in [3.8, 4) is 11.8 Å². The van der Waals surface area contributed by atoms with E-state index in [1.54, 1.807) is 17.3 Å². The van der Waals surface area contributed by atoms with E-state index in [0.29, 0.717) is 18.3 Å². The molecule has 1 unspecified atom stereocenters. The van der Waals surface area contributed by atoms with Gasteiger partial charge in [-0.15, -0.1) is 0 Å². The third-order valence-electron chi connectivity index (χ3n) is 3.95. The van der Waals surface area contributed by atoms with Crippen LogP contribution in [0.4, 0.5) is 0 Å². The fraction of sp³-hybridized carbons (Fsp3) is 0.389. The average Bonchev–Trinajstić information content (AvgIpc) is 2.62. The molecule has 3 rings (SSSR count). The molecule has 2 aromatic rings. The molecule has 0 bridgehead atoms. The third-order valence-corrected chi connectivity index (χ3v) is 4.36. The van der Waals surface area contributed by atoms with Crippen molar-refractivity contribution >= 4 is 21.8 Å². The van der Waals surface area contributed by atoms with Gasteiger partial charge in [-0.25, -0.2) is 9.97 Å². The van der Waals surface area contributed by atoms with Crippen LogP contribution < -0.4 is 9.47 Å². The number of hydrogen-bond acceptors (Lipinski definition) is 5. The van der Waals surface area contributed by atoms with E-state index in [0.717, 1.165) is 29.4 Å². The second kappa shape index (κ2) is 8.29. The van der Waals surface area contributed by atoms with Crippen molar-refractivity contribution in [3.05, 3.63) is 46.7 Å². The number of amides is 1. The molecule has 7 heteroatoms. The summed E-state index contributed by atoms with van der Waals surface area (Å²) in [5.41, 5.74) is 1.10. The molecule has 1 saturated heterocycles. The first-order valence-electron chi connectivity index (χ1n) is 8.21. The van der Waals surface area contributed by atoms with Crippen LogP contribution in [-0.4, -0.2) is 46.6 Å². The maximum atomic E-state index is 12.4. The molecule has 0 radical (unpaired) electrons. The number of benzene rings is 1. The van der Waals surface area contributed by atoms with E-state index in [1.807, 2.05) is 31.2 Å². The second-order valence-corrected chi connectivity index (χ2v) is 6.93. The van der Waals surface area contributed by atoms with Crippen molar-refractivity contribution < 1.29 is 14.3 Å². The van der Waals surface area contributed by atoms with Crippen LogP contribution in [-0.2, 0) is 4.79 Å². The number of piperidine rings is 1. The van der Waals surface area contributed by atoms with Gasteiger partial charge in [0.05, 0.1) is 11.0 Å². The van der Waals surface area contributed by atoms with Gasteiger partial charge >= 0.3 is 6.01 Å². The van der Waals surface area contributed by atoms with Crippen LogP contribution >= 0.6 is 15.9 Å². The predicted octanol–water partition coefficient (Wildman–Crippen LogP) is 3.00. The fourth-order valence-electron chi connectivity index (χ4n) is 2.71. The largest absolute Gasteiger partial charge is 0.484 e. The highest BCUT2D eigenvalue weighted by Crippen LogP contribution is 2.17. The Labute approximate surface area is 155 Å². The van der Waals surface area contributed by atoms with Gasteiger partial charge < -0.3 is 14.4 Å². The Kier molecular flexibility index (Phi) is 5.86. The summed E-state index contributed by atoms with van der Waals surface area (Å²) < 4.78 is 12.2. The Morgan fingerprint density at radius 3 is 2.92 bits per heavy atom. The third kappa shape index (κ3) is 5.16. The normalized spacial score (nSPS) is 17.2. The van der Waals surface area contributed by atoms with Crippen LogP contribution in [0, 0.1) is 6.92 Å². The van der Waals surface area contributed by atoms with Gasteiger partial charge in [-0.05, 0) is 53.4 Å². The molecular formula is C18H20BrN3O3. The number of aromatic nitrogens is 2. The van der Waals surface area contributed by atoms with E-state index in [2.05, 4.69) is 25.9 Å². The molecule has 1 amide bonds. The molecule has 1 aliphatic rings. The predicted molar refractivity (Wildman–Crippen MR) is 96.6 cm³/mol. The highest BCUT2D eigenvalue weighted by Gasteiger charge is 2.25. The zero-order valence-electron chi connectivity index (χ0n) is 14.0. The van der Waals surface area contributed by atoms with Crippen molar-refractivity contribution in [1.29, 1.82) is 0 Å². The van der Waals surface area contributed by atoms with Gasteiger partial charge in [0.25, 0.3) is 5.91 Å². The Hall–Kier alpha value is -2.15. The number of carbonyl (C=O) groups excluding carboxylic acids is 1. The minimum absolute atomic E-state index is 0.0327. The topological polar surface area (TPSA) is 64.5 Å². The van der Waals surface area contributed by atoms with Gasteiger partial charge in [0.2, 0.25) is 0 Å². The SMILES string of the molecule is Cc1cccc(OCC(=O)N2CCCC(Oc3ncc(Br)cn3)C2)c1. The van der Waals surface area contributed by atoms with E-state index < -0.39 is 0 Å². The molecule has 0 aliphatic carbocycles. The zero-order valence-corrected chi connectivity index (χ0v) is 15.6. The van der Waals surface area contributed by atoms with E-state index in [-0.39, 0.29) is 18.6 Å². The van der Waals surface area contributed by atoms with E-state index in [9.17, 15) is 4.79 Å². The lowest BCUT2D eigenvalue weighted by Crippen LogP contribution is -2.46. The molecule has 1 aromatic carbocycles. The Bertz CT molecular complexity index is 724. The van der Waals surface area contributed by atoms with Gasteiger partial charge in [0, 0.05) is 18.9 Å². The van der Waals surface area contributed by atoms with Crippen LogP contribution in [0.2, 0.25) is 0 Å². The summed E-state index contributed by atoms with van der Waals surface area (Å²) in [5.74, 6) is 0.674. The van der Waals surface area contributed by atoms with Crippen molar-refractivity contribution in [1.82, 2.24) is 14.9 Å². The minimum Gasteiger partial charge on any atom is -0.484 e. The van der Waals surface area contributed by atoms with Gasteiger partial charge in [-0.3, -0.25) is 4.79 Å². The number of halogens is 1. The highest BCUT2D eigenvalue weighted by molar-refractivity contribution is 9.10. The van der Waals surface area contributed by atoms with Gasteiger partial charge in [-0.2, -0.15) is 0 Å². The molecule has 1 fully saturated rings. The fourth-order valence-corrected chi connectivity index (χ4v) is 2.92. The van der Waals surface area contributed by atoms with Crippen molar-refractivity contribution in [2.24, 2.45) is 0 Å². The quantitative estimate of drug-likeness (QED) is 0.764. The van der Waals surface area contributed by atoms with Gasteiger partial charge in [0.15, 0.2) is 6.61 Å².